The largest absolute Gasteiger partial charge is 0.508 e. The van der Waals surface area contributed by atoms with Crippen molar-refractivity contribution < 1.29 is 15.0 Å². The molecule has 0 fully saturated rings. The minimum atomic E-state index is -0.157. The van der Waals surface area contributed by atoms with E-state index in [4.69, 9.17) is 5.11 Å². The van der Waals surface area contributed by atoms with Crippen LogP contribution in [0.3, 0.4) is 0 Å². The number of ketones is 1. The number of hydrogen-bond donors (Lipinski definition) is 2. The van der Waals surface area contributed by atoms with Gasteiger partial charge in [0.05, 0.1) is 5.56 Å². The summed E-state index contributed by atoms with van der Waals surface area (Å²) in [6, 6.07) is 4.02. The normalized spacial score (nSPS) is 12.4. The number of aromatic hydroxyl groups is 2. The molecule has 0 aliphatic heterocycles. The second-order valence-corrected chi connectivity index (χ2v) is 3.37. The molecule has 1 unspecified atom stereocenters. The van der Waals surface area contributed by atoms with Gasteiger partial charge in [-0.05, 0) is 18.6 Å². The van der Waals surface area contributed by atoms with Crippen molar-refractivity contribution in [2.24, 2.45) is 5.92 Å². The van der Waals surface area contributed by atoms with Crippen molar-refractivity contribution in [1.82, 2.24) is 0 Å². The van der Waals surface area contributed by atoms with Gasteiger partial charge in [0.1, 0.15) is 11.5 Å². The Morgan fingerprint density at radius 1 is 1.43 bits per heavy atom. The highest BCUT2D eigenvalue weighted by molar-refractivity contribution is 6.00. The van der Waals surface area contributed by atoms with E-state index in [1.54, 1.807) is 0 Å². The average Bonchev–Trinajstić information content (AvgIpc) is 2.15. The summed E-state index contributed by atoms with van der Waals surface area (Å²) in [7, 11) is 0. The summed E-state index contributed by atoms with van der Waals surface area (Å²) in [6.07, 6.45) is 0.735. The van der Waals surface area contributed by atoms with Crippen LogP contribution in [0, 0.1) is 5.92 Å². The summed E-state index contributed by atoms with van der Waals surface area (Å²) < 4.78 is 0. The van der Waals surface area contributed by atoms with Crippen molar-refractivity contribution in [3.05, 3.63) is 23.8 Å². The molecule has 0 amide bonds. The Bertz CT molecular complexity index is 344. The maximum absolute atomic E-state index is 11.7. The molecule has 0 heterocycles. The lowest BCUT2D eigenvalue weighted by molar-refractivity contribution is 0.0924. The third-order valence-electron chi connectivity index (χ3n) is 2.31. The van der Waals surface area contributed by atoms with E-state index in [0.29, 0.717) is 0 Å². The van der Waals surface area contributed by atoms with E-state index in [1.165, 1.54) is 18.2 Å². The van der Waals surface area contributed by atoms with E-state index in [1.807, 2.05) is 13.8 Å². The van der Waals surface area contributed by atoms with Gasteiger partial charge in [0, 0.05) is 12.0 Å². The molecule has 3 nitrogen and oxygen atoms in total. The van der Waals surface area contributed by atoms with Crippen molar-refractivity contribution in [3.63, 3.8) is 0 Å². The number of carbonyl (C=O) groups is 1. The first-order valence-corrected chi connectivity index (χ1v) is 4.62. The van der Waals surface area contributed by atoms with Crippen LogP contribution >= 0.6 is 0 Å². The third-order valence-corrected chi connectivity index (χ3v) is 2.31. The molecule has 0 saturated heterocycles. The molecule has 14 heavy (non-hydrogen) atoms. The van der Waals surface area contributed by atoms with Crippen LogP contribution in [-0.2, 0) is 0 Å². The Hall–Kier alpha value is -1.51. The van der Waals surface area contributed by atoms with E-state index >= 15 is 0 Å². The fourth-order valence-electron chi connectivity index (χ4n) is 1.18. The topological polar surface area (TPSA) is 57.5 Å². The zero-order valence-corrected chi connectivity index (χ0v) is 8.32. The van der Waals surface area contributed by atoms with Crippen molar-refractivity contribution in [2.75, 3.05) is 0 Å². The van der Waals surface area contributed by atoms with Crippen LogP contribution < -0.4 is 0 Å². The molecule has 0 spiro atoms. The Kier molecular flexibility index (Phi) is 3.12. The molecule has 1 atom stereocenters. The van der Waals surface area contributed by atoms with Crippen molar-refractivity contribution in [3.8, 4) is 11.5 Å². The van der Waals surface area contributed by atoms with E-state index < -0.39 is 0 Å². The van der Waals surface area contributed by atoms with Gasteiger partial charge < -0.3 is 10.2 Å². The third kappa shape index (κ3) is 2.05. The second kappa shape index (κ2) is 4.13. The molecular formula is C11H14O3. The van der Waals surface area contributed by atoms with Gasteiger partial charge in [0.25, 0.3) is 0 Å². The summed E-state index contributed by atoms with van der Waals surface area (Å²) >= 11 is 0. The summed E-state index contributed by atoms with van der Waals surface area (Å²) in [5.74, 6) is -0.394. The maximum atomic E-state index is 11.7. The number of phenols is 2. The number of Topliss-reactive ketones (excluding diaryl/α,β-unsaturated/α-hetero) is 1. The Labute approximate surface area is 83.0 Å². The van der Waals surface area contributed by atoms with E-state index in [2.05, 4.69) is 0 Å². The summed E-state index contributed by atoms with van der Waals surface area (Å²) in [4.78, 5) is 11.7. The lowest BCUT2D eigenvalue weighted by Gasteiger charge is -2.08. The van der Waals surface area contributed by atoms with Gasteiger partial charge in [-0.15, -0.1) is 0 Å². The molecule has 0 radical (unpaired) electrons. The first-order chi connectivity index (χ1) is 6.56. The van der Waals surface area contributed by atoms with Crippen molar-refractivity contribution in [1.29, 1.82) is 0 Å². The molecule has 1 aromatic carbocycles. The van der Waals surface area contributed by atoms with Crippen LogP contribution in [-0.4, -0.2) is 16.0 Å². The smallest absolute Gasteiger partial charge is 0.169 e. The lowest BCUT2D eigenvalue weighted by atomic mass is 9.96. The number of carbonyl (C=O) groups excluding carboxylic acids is 1. The number of benzene rings is 1. The monoisotopic (exact) mass is 194 g/mol. The minimum Gasteiger partial charge on any atom is -0.508 e. The highest BCUT2D eigenvalue weighted by atomic mass is 16.3. The van der Waals surface area contributed by atoms with Crippen LogP contribution in [0.25, 0.3) is 0 Å². The average molecular weight is 194 g/mol. The van der Waals surface area contributed by atoms with Gasteiger partial charge in [-0.25, -0.2) is 0 Å². The first-order valence-electron chi connectivity index (χ1n) is 4.62. The number of phenolic OH excluding ortho intramolecular Hbond substituents is 2. The summed E-state index contributed by atoms with van der Waals surface area (Å²) in [5.41, 5.74) is 0.275. The summed E-state index contributed by atoms with van der Waals surface area (Å²) in [5, 5.41) is 18.5. The molecule has 0 aromatic heterocycles. The molecule has 0 saturated carbocycles. The molecule has 0 aliphatic rings. The Morgan fingerprint density at radius 2 is 2.07 bits per heavy atom. The van der Waals surface area contributed by atoms with Gasteiger partial charge >= 0.3 is 0 Å². The van der Waals surface area contributed by atoms with Crippen LogP contribution in [0.1, 0.15) is 30.6 Å². The number of rotatable bonds is 3. The van der Waals surface area contributed by atoms with Gasteiger partial charge in [0.2, 0.25) is 0 Å². The van der Waals surface area contributed by atoms with Gasteiger partial charge in [-0.1, -0.05) is 13.8 Å². The SMILES string of the molecule is CCC(C)C(=O)c1ccc(O)cc1O. The molecule has 0 aliphatic carbocycles. The zero-order valence-electron chi connectivity index (χ0n) is 8.32. The first kappa shape index (κ1) is 10.6. The molecule has 3 heteroatoms. The highest BCUT2D eigenvalue weighted by Crippen LogP contribution is 2.25. The van der Waals surface area contributed by atoms with Gasteiger partial charge in [0.15, 0.2) is 5.78 Å². The number of hydrogen-bond acceptors (Lipinski definition) is 3. The van der Waals surface area contributed by atoms with Crippen LogP contribution in [0.15, 0.2) is 18.2 Å². The van der Waals surface area contributed by atoms with Crippen LogP contribution in [0.2, 0.25) is 0 Å². The van der Waals surface area contributed by atoms with E-state index in [9.17, 15) is 9.90 Å². The molecule has 1 aromatic rings. The van der Waals surface area contributed by atoms with Gasteiger partial charge in [-0.3, -0.25) is 4.79 Å². The van der Waals surface area contributed by atoms with Gasteiger partial charge in [-0.2, -0.15) is 0 Å². The molecular weight excluding hydrogens is 180 g/mol. The summed E-state index contributed by atoms with van der Waals surface area (Å²) in [6.45, 7) is 3.73. The Balaban J connectivity index is 3.02. The molecule has 76 valence electrons. The Morgan fingerprint density at radius 3 is 2.57 bits per heavy atom. The predicted octanol–water partition coefficient (Wildman–Crippen LogP) is 2.33. The van der Waals surface area contributed by atoms with Crippen molar-refractivity contribution >= 4 is 5.78 Å². The fourth-order valence-corrected chi connectivity index (χ4v) is 1.18. The maximum Gasteiger partial charge on any atom is 0.169 e. The second-order valence-electron chi connectivity index (χ2n) is 3.37. The van der Waals surface area contributed by atoms with Crippen molar-refractivity contribution in [2.45, 2.75) is 20.3 Å². The highest BCUT2D eigenvalue weighted by Gasteiger charge is 2.16. The predicted molar refractivity (Wildman–Crippen MR) is 53.6 cm³/mol. The lowest BCUT2D eigenvalue weighted by Crippen LogP contribution is -2.10. The fraction of sp³-hybridized carbons (Fsp3) is 0.364. The quantitative estimate of drug-likeness (QED) is 0.726. The standard InChI is InChI=1S/C11H14O3/c1-3-7(2)11(14)9-5-4-8(12)6-10(9)13/h4-7,12-13H,3H2,1-2H3. The van der Waals surface area contributed by atoms with E-state index in [-0.39, 0.29) is 28.8 Å². The van der Waals surface area contributed by atoms with Crippen LogP contribution in [0.5, 0.6) is 11.5 Å². The molecule has 2 N–H and O–H groups in total. The van der Waals surface area contributed by atoms with E-state index in [0.717, 1.165) is 6.42 Å². The molecule has 1 rings (SSSR count). The zero-order chi connectivity index (χ0) is 10.7. The minimum absolute atomic E-state index is 0.0387. The molecule has 0 bridgehead atoms. The van der Waals surface area contributed by atoms with Crippen LogP contribution in [0.4, 0.5) is 0 Å².